The molecule has 0 aromatic heterocycles. The molecule has 0 saturated carbocycles. The van der Waals surface area contributed by atoms with E-state index in [-0.39, 0.29) is 16.9 Å². The minimum atomic E-state index is -1.20. The van der Waals surface area contributed by atoms with Crippen LogP contribution in [0.3, 0.4) is 0 Å². The molecule has 6 heteroatoms. The summed E-state index contributed by atoms with van der Waals surface area (Å²) >= 11 is 0. The lowest BCUT2D eigenvalue weighted by Gasteiger charge is -2.15. The van der Waals surface area contributed by atoms with E-state index in [1.165, 1.54) is 6.92 Å². The first-order chi connectivity index (χ1) is 11.3. The van der Waals surface area contributed by atoms with Crippen molar-refractivity contribution in [2.75, 3.05) is 19.0 Å². The number of carbonyl (C=O) groups is 1. The third-order valence-corrected chi connectivity index (χ3v) is 3.32. The predicted molar refractivity (Wildman–Crippen MR) is 88.5 cm³/mol. The Morgan fingerprint density at radius 3 is 2.54 bits per heavy atom. The van der Waals surface area contributed by atoms with Gasteiger partial charge in [0.2, 0.25) is 0 Å². The molecule has 2 aromatic carbocycles. The minimum absolute atomic E-state index is 0.0904. The second-order valence-corrected chi connectivity index (χ2v) is 5.43. The highest BCUT2D eigenvalue weighted by Gasteiger charge is 2.14. The fourth-order valence-electron chi connectivity index (χ4n) is 2.02. The van der Waals surface area contributed by atoms with Gasteiger partial charge in [-0.1, -0.05) is 6.07 Å². The quantitative estimate of drug-likeness (QED) is 0.828. The highest BCUT2D eigenvalue weighted by Crippen LogP contribution is 2.31. The first kappa shape index (κ1) is 17.5. The van der Waals surface area contributed by atoms with Gasteiger partial charge in [0, 0.05) is 43.6 Å². The van der Waals surface area contributed by atoms with Crippen molar-refractivity contribution in [2.24, 2.45) is 0 Å². The van der Waals surface area contributed by atoms with E-state index >= 15 is 0 Å². The summed E-state index contributed by atoms with van der Waals surface area (Å²) in [6, 6.07) is 8.66. The number of carboxylic acids is 1. The van der Waals surface area contributed by atoms with Crippen LogP contribution in [0.2, 0.25) is 0 Å². The molecular weight excluding hydrogens is 316 g/mol. The van der Waals surface area contributed by atoms with E-state index in [1.807, 2.05) is 25.1 Å². The minimum Gasteiger partial charge on any atom is -0.478 e. The topological polar surface area (TPSA) is 49.8 Å². The van der Waals surface area contributed by atoms with Gasteiger partial charge < -0.3 is 14.7 Å². The zero-order chi connectivity index (χ0) is 17.9. The number of anilines is 1. The summed E-state index contributed by atoms with van der Waals surface area (Å²) in [6.07, 6.45) is 1.11. The summed E-state index contributed by atoms with van der Waals surface area (Å²) in [7, 11) is 3.71. The second kappa shape index (κ2) is 7.12. The zero-order valence-corrected chi connectivity index (χ0v) is 13.5. The van der Waals surface area contributed by atoms with Crippen LogP contribution in [0.1, 0.15) is 12.5 Å². The molecule has 0 unspecified atom stereocenters. The van der Waals surface area contributed by atoms with Crippen LogP contribution in [0.5, 0.6) is 11.5 Å². The van der Waals surface area contributed by atoms with Crippen LogP contribution in [0.4, 0.5) is 14.5 Å². The van der Waals surface area contributed by atoms with E-state index in [1.54, 1.807) is 18.2 Å². The molecule has 24 heavy (non-hydrogen) atoms. The molecule has 0 aliphatic rings. The predicted octanol–water partition coefficient (Wildman–Crippen LogP) is 4.31. The Morgan fingerprint density at radius 2 is 1.92 bits per heavy atom. The number of hydrogen-bond acceptors (Lipinski definition) is 3. The Bertz CT molecular complexity index is 801. The van der Waals surface area contributed by atoms with E-state index in [0.717, 1.165) is 17.8 Å². The lowest BCUT2D eigenvalue weighted by molar-refractivity contribution is -0.132. The van der Waals surface area contributed by atoms with Crippen molar-refractivity contribution >= 4 is 17.7 Å². The zero-order valence-electron chi connectivity index (χ0n) is 13.5. The maximum absolute atomic E-state index is 14.1. The summed E-state index contributed by atoms with van der Waals surface area (Å²) in [5.41, 5.74) is 0.641. The molecule has 0 aliphatic heterocycles. The molecule has 0 amide bonds. The summed E-state index contributed by atoms with van der Waals surface area (Å²) in [5.74, 6) is -2.61. The first-order valence-electron chi connectivity index (χ1n) is 7.14. The molecular formula is C18H17F2NO3. The Morgan fingerprint density at radius 1 is 1.21 bits per heavy atom. The van der Waals surface area contributed by atoms with Crippen molar-refractivity contribution in [2.45, 2.75) is 6.92 Å². The van der Waals surface area contributed by atoms with Crippen molar-refractivity contribution < 1.29 is 23.4 Å². The molecule has 0 fully saturated rings. The Balaban J connectivity index is 2.48. The van der Waals surface area contributed by atoms with Crippen LogP contribution in [-0.4, -0.2) is 25.2 Å². The van der Waals surface area contributed by atoms with Gasteiger partial charge in [-0.05, 0) is 25.1 Å². The van der Waals surface area contributed by atoms with E-state index in [0.29, 0.717) is 11.8 Å². The monoisotopic (exact) mass is 333 g/mol. The van der Waals surface area contributed by atoms with Crippen LogP contribution in [0.25, 0.3) is 6.08 Å². The number of benzene rings is 2. The van der Waals surface area contributed by atoms with Gasteiger partial charge in [0.05, 0.1) is 5.56 Å². The molecule has 0 radical (unpaired) electrons. The molecule has 1 N–H and O–H groups in total. The third-order valence-electron chi connectivity index (χ3n) is 3.32. The van der Waals surface area contributed by atoms with Crippen LogP contribution in [-0.2, 0) is 4.79 Å². The van der Waals surface area contributed by atoms with Gasteiger partial charge in [-0.15, -0.1) is 0 Å². The van der Waals surface area contributed by atoms with E-state index < -0.39 is 17.6 Å². The fourth-order valence-corrected chi connectivity index (χ4v) is 2.02. The van der Waals surface area contributed by atoms with E-state index in [4.69, 9.17) is 9.84 Å². The maximum Gasteiger partial charge on any atom is 0.331 e. The summed E-state index contributed by atoms with van der Waals surface area (Å²) in [4.78, 5) is 12.8. The number of halogens is 2. The molecule has 0 saturated heterocycles. The number of nitrogens with zero attached hydrogens (tertiary/aromatic N) is 1. The van der Waals surface area contributed by atoms with Crippen LogP contribution < -0.4 is 9.64 Å². The van der Waals surface area contributed by atoms with Crippen molar-refractivity contribution in [1.82, 2.24) is 0 Å². The molecule has 0 spiro atoms. The second-order valence-electron chi connectivity index (χ2n) is 5.43. The first-order valence-corrected chi connectivity index (χ1v) is 7.14. The smallest absolute Gasteiger partial charge is 0.331 e. The normalized spacial score (nSPS) is 11.3. The molecule has 2 aromatic rings. The number of aliphatic carboxylic acids is 1. The standard InChI is InChI=1S/C18H17F2NO3/c1-11(18(22)23)7-15-16(20)8-12(19)9-17(15)24-14-6-4-5-13(10-14)21(2)3/h4-10H,1-3H3,(H,22,23)/b11-7+. The van der Waals surface area contributed by atoms with Crippen molar-refractivity contribution in [3.05, 3.63) is 59.2 Å². The van der Waals surface area contributed by atoms with Gasteiger partial charge in [-0.3, -0.25) is 0 Å². The summed E-state index contributed by atoms with van der Waals surface area (Å²) in [5, 5.41) is 8.96. The van der Waals surface area contributed by atoms with Crippen LogP contribution in [0.15, 0.2) is 42.0 Å². The number of rotatable bonds is 5. The Labute approximate surface area is 138 Å². The highest BCUT2D eigenvalue weighted by atomic mass is 19.1. The van der Waals surface area contributed by atoms with Gasteiger partial charge in [0.1, 0.15) is 23.1 Å². The summed E-state index contributed by atoms with van der Waals surface area (Å²) in [6.45, 7) is 1.32. The maximum atomic E-state index is 14.1. The SMILES string of the molecule is C/C(=C\c1c(F)cc(F)cc1Oc1cccc(N(C)C)c1)C(=O)O. The molecule has 0 atom stereocenters. The van der Waals surface area contributed by atoms with Crippen molar-refractivity contribution in [1.29, 1.82) is 0 Å². The lowest BCUT2D eigenvalue weighted by Crippen LogP contribution is -2.08. The highest BCUT2D eigenvalue weighted by molar-refractivity contribution is 5.92. The molecule has 126 valence electrons. The fraction of sp³-hybridized carbons (Fsp3) is 0.167. The molecule has 2 rings (SSSR count). The average molecular weight is 333 g/mol. The number of ether oxygens (including phenoxy) is 1. The molecule has 0 bridgehead atoms. The van der Waals surface area contributed by atoms with E-state index in [2.05, 4.69) is 0 Å². The third kappa shape index (κ3) is 4.10. The Kier molecular flexibility index (Phi) is 5.18. The van der Waals surface area contributed by atoms with Crippen molar-refractivity contribution in [3.8, 4) is 11.5 Å². The molecule has 0 heterocycles. The van der Waals surface area contributed by atoms with Crippen LogP contribution in [0, 0.1) is 11.6 Å². The van der Waals surface area contributed by atoms with Gasteiger partial charge in [0.15, 0.2) is 0 Å². The van der Waals surface area contributed by atoms with Gasteiger partial charge in [-0.2, -0.15) is 0 Å². The van der Waals surface area contributed by atoms with Gasteiger partial charge in [-0.25, -0.2) is 13.6 Å². The largest absolute Gasteiger partial charge is 0.478 e. The van der Waals surface area contributed by atoms with Crippen molar-refractivity contribution in [3.63, 3.8) is 0 Å². The summed E-state index contributed by atoms with van der Waals surface area (Å²) < 4.78 is 33.2. The number of carboxylic acid groups (broad SMARTS) is 1. The number of hydrogen-bond donors (Lipinski definition) is 1. The van der Waals surface area contributed by atoms with Gasteiger partial charge >= 0.3 is 5.97 Å². The lowest BCUT2D eigenvalue weighted by atomic mass is 10.1. The average Bonchev–Trinajstić information content (AvgIpc) is 2.50. The van der Waals surface area contributed by atoms with Gasteiger partial charge in [0.25, 0.3) is 0 Å². The van der Waals surface area contributed by atoms with E-state index in [9.17, 15) is 13.6 Å². The molecule has 0 aliphatic carbocycles. The van der Waals surface area contributed by atoms with Crippen LogP contribution >= 0.6 is 0 Å². The Hall–Kier alpha value is -2.89. The molecule has 4 nitrogen and oxygen atoms in total.